The second-order valence-electron chi connectivity index (χ2n) is 6.91. The lowest BCUT2D eigenvalue weighted by molar-refractivity contribution is 0.255. The van der Waals surface area contributed by atoms with Gasteiger partial charge in [0, 0.05) is 50.4 Å². The second kappa shape index (κ2) is 8.31. The molecular formula is C23H26N2O2. The number of benzene rings is 2. The van der Waals surface area contributed by atoms with Gasteiger partial charge >= 0.3 is 0 Å². The molecule has 0 bridgehead atoms. The minimum absolute atomic E-state index is 0.908. The van der Waals surface area contributed by atoms with Crippen LogP contribution in [-0.4, -0.2) is 44.7 Å². The van der Waals surface area contributed by atoms with Crippen LogP contribution in [0.4, 0.5) is 5.69 Å². The first-order valence-electron chi connectivity index (χ1n) is 9.57. The number of nitrogens with zero attached hydrogens (tertiary/aromatic N) is 2. The summed E-state index contributed by atoms with van der Waals surface area (Å²) < 4.78 is 11.3. The van der Waals surface area contributed by atoms with Gasteiger partial charge in [0.25, 0.3) is 0 Å². The molecule has 1 aliphatic rings. The highest BCUT2D eigenvalue weighted by Gasteiger charge is 2.17. The maximum absolute atomic E-state index is 6.02. The van der Waals surface area contributed by atoms with Crippen molar-refractivity contribution in [2.45, 2.75) is 6.42 Å². The third-order valence-corrected chi connectivity index (χ3v) is 5.20. The maximum Gasteiger partial charge on any atom is 0.134 e. The number of hydrogen-bond acceptors (Lipinski definition) is 4. The Kier molecular flexibility index (Phi) is 5.45. The smallest absolute Gasteiger partial charge is 0.134 e. The lowest BCUT2D eigenvalue weighted by atomic mass is 10.2. The fourth-order valence-electron chi connectivity index (χ4n) is 3.56. The Morgan fingerprint density at radius 2 is 1.59 bits per heavy atom. The molecular weight excluding hydrogens is 336 g/mol. The molecule has 4 rings (SSSR count). The second-order valence-corrected chi connectivity index (χ2v) is 6.91. The van der Waals surface area contributed by atoms with E-state index in [9.17, 15) is 0 Å². The summed E-state index contributed by atoms with van der Waals surface area (Å²) in [7, 11) is 1.70. The first-order valence-corrected chi connectivity index (χ1v) is 9.57. The summed E-state index contributed by atoms with van der Waals surface area (Å²) in [6, 6.07) is 22.8. The normalized spacial score (nSPS) is 15.1. The number of rotatable bonds is 6. The van der Waals surface area contributed by atoms with Gasteiger partial charge in [-0.1, -0.05) is 30.3 Å². The van der Waals surface area contributed by atoms with E-state index in [0.717, 1.165) is 62.0 Å². The fourth-order valence-corrected chi connectivity index (χ4v) is 3.56. The van der Waals surface area contributed by atoms with Gasteiger partial charge in [-0.25, -0.2) is 0 Å². The first-order chi connectivity index (χ1) is 13.3. The highest BCUT2D eigenvalue weighted by molar-refractivity contribution is 5.57. The van der Waals surface area contributed by atoms with Crippen LogP contribution in [0.5, 0.6) is 5.75 Å². The molecule has 1 saturated heterocycles. The Morgan fingerprint density at radius 1 is 0.852 bits per heavy atom. The van der Waals surface area contributed by atoms with Crippen molar-refractivity contribution in [2.24, 2.45) is 0 Å². The molecule has 3 aromatic rings. The van der Waals surface area contributed by atoms with Crippen LogP contribution in [0, 0.1) is 0 Å². The molecule has 4 nitrogen and oxygen atoms in total. The van der Waals surface area contributed by atoms with Crippen molar-refractivity contribution < 1.29 is 9.15 Å². The molecule has 1 aliphatic heterocycles. The van der Waals surface area contributed by atoms with Crippen molar-refractivity contribution in [3.05, 3.63) is 72.5 Å². The van der Waals surface area contributed by atoms with Crippen LogP contribution >= 0.6 is 0 Å². The van der Waals surface area contributed by atoms with E-state index in [0.29, 0.717) is 0 Å². The Hall–Kier alpha value is -2.72. The predicted octanol–water partition coefficient (Wildman–Crippen LogP) is 4.32. The molecule has 0 radical (unpaired) electrons. The van der Waals surface area contributed by atoms with E-state index in [1.807, 2.05) is 30.3 Å². The summed E-state index contributed by atoms with van der Waals surface area (Å²) in [5.41, 5.74) is 2.41. The van der Waals surface area contributed by atoms with Crippen LogP contribution in [0.25, 0.3) is 11.3 Å². The van der Waals surface area contributed by atoms with Crippen LogP contribution in [0.15, 0.2) is 71.1 Å². The van der Waals surface area contributed by atoms with E-state index in [2.05, 4.69) is 46.2 Å². The summed E-state index contributed by atoms with van der Waals surface area (Å²) in [5.74, 6) is 2.92. The van der Waals surface area contributed by atoms with Gasteiger partial charge in [-0.15, -0.1) is 0 Å². The Morgan fingerprint density at radius 3 is 2.30 bits per heavy atom. The number of hydrogen-bond donors (Lipinski definition) is 0. The Bertz CT molecular complexity index is 834. The molecule has 0 amide bonds. The van der Waals surface area contributed by atoms with Gasteiger partial charge in [0.05, 0.1) is 7.11 Å². The Labute approximate surface area is 161 Å². The van der Waals surface area contributed by atoms with E-state index in [1.165, 1.54) is 5.69 Å². The molecule has 0 saturated carbocycles. The number of furan rings is 1. The maximum atomic E-state index is 6.02. The summed E-state index contributed by atoms with van der Waals surface area (Å²) >= 11 is 0. The predicted molar refractivity (Wildman–Crippen MR) is 109 cm³/mol. The monoisotopic (exact) mass is 362 g/mol. The van der Waals surface area contributed by atoms with Gasteiger partial charge in [-0.05, 0) is 36.4 Å². The van der Waals surface area contributed by atoms with Crippen molar-refractivity contribution in [2.75, 3.05) is 44.7 Å². The molecule has 1 aromatic heterocycles. The highest BCUT2D eigenvalue weighted by atomic mass is 16.5. The molecule has 0 spiro atoms. The van der Waals surface area contributed by atoms with Crippen LogP contribution in [0.2, 0.25) is 0 Å². The van der Waals surface area contributed by atoms with Gasteiger partial charge in [-0.3, -0.25) is 4.90 Å². The van der Waals surface area contributed by atoms with Crippen molar-refractivity contribution in [3.8, 4) is 17.1 Å². The SMILES string of the molecule is COc1ccc(N2CCN(CCc3ccc(-c4ccccc4)o3)CC2)cc1. The summed E-state index contributed by atoms with van der Waals surface area (Å²) in [6.45, 7) is 5.31. The molecule has 140 valence electrons. The van der Waals surface area contributed by atoms with Crippen molar-refractivity contribution in [1.82, 2.24) is 4.90 Å². The van der Waals surface area contributed by atoms with Gasteiger partial charge in [0.1, 0.15) is 17.3 Å². The van der Waals surface area contributed by atoms with Gasteiger partial charge < -0.3 is 14.1 Å². The standard InChI is InChI=1S/C23H26N2O2/c1-26-21-9-7-20(8-10-21)25-17-15-24(16-18-25)14-13-22-11-12-23(27-22)19-5-3-2-4-6-19/h2-12H,13-18H2,1H3. The van der Waals surface area contributed by atoms with Crippen LogP contribution < -0.4 is 9.64 Å². The largest absolute Gasteiger partial charge is 0.497 e. The number of methoxy groups -OCH3 is 1. The van der Waals surface area contributed by atoms with Crippen LogP contribution in [0.1, 0.15) is 5.76 Å². The zero-order valence-corrected chi connectivity index (χ0v) is 15.8. The molecule has 0 unspecified atom stereocenters. The first kappa shape index (κ1) is 17.7. The van der Waals surface area contributed by atoms with Gasteiger partial charge in [0.15, 0.2) is 0 Å². The zero-order valence-electron chi connectivity index (χ0n) is 15.8. The molecule has 0 atom stereocenters. The minimum Gasteiger partial charge on any atom is -0.497 e. The third kappa shape index (κ3) is 4.34. The van der Waals surface area contributed by atoms with Crippen molar-refractivity contribution in [3.63, 3.8) is 0 Å². The molecule has 0 N–H and O–H groups in total. The zero-order chi connectivity index (χ0) is 18.5. The highest BCUT2D eigenvalue weighted by Crippen LogP contribution is 2.23. The molecule has 27 heavy (non-hydrogen) atoms. The lowest BCUT2D eigenvalue weighted by Crippen LogP contribution is -2.46. The molecule has 2 heterocycles. The van der Waals surface area contributed by atoms with Crippen molar-refractivity contribution >= 4 is 5.69 Å². The third-order valence-electron chi connectivity index (χ3n) is 5.20. The van der Waals surface area contributed by atoms with Crippen molar-refractivity contribution in [1.29, 1.82) is 0 Å². The topological polar surface area (TPSA) is 28.9 Å². The van der Waals surface area contributed by atoms with E-state index < -0.39 is 0 Å². The van der Waals surface area contributed by atoms with E-state index in [4.69, 9.17) is 9.15 Å². The fraction of sp³-hybridized carbons (Fsp3) is 0.304. The molecule has 0 aliphatic carbocycles. The van der Waals surface area contributed by atoms with Crippen LogP contribution in [0.3, 0.4) is 0 Å². The summed E-state index contributed by atoms with van der Waals surface area (Å²) in [5, 5.41) is 0. The average Bonchev–Trinajstić information content (AvgIpc) is 3.22. The van der Waals surface area contributed by atoms with E-state index >= 15 is 0 Å². The average molecular weight is 362 g/mol. The molecule has 2 aromatic carbocycles. The van der Waals surface area contributed by atoms with Gasteiger partial charge in [0.2, 0.25) is 0 Å². The van der Waals surface area contributed by atoms with Crippen LogP contribution in [-0.2, 0) is 6.42 Å². The quantitative estimate of drug-likeness (QED) is 0.653. The Balaban J connectivity index is 1.26. The minimum atomic E-state index is 0.908. The van der Waals surface area contributed by atoms with E-state index in [1.54, 1.807) is 7.11 Å². The number of anilines is 1. The number of ether oxygens (including phenoxy) is 1. The van der Waals surface area contributed by atoms with Gasteiger partial charge in [-0.2, -0.15) is 0 Å². The molecule has 1 fully saturated rings. The number of piperazine rings is 1. The van der Waals surface area contributed by atoms with E-state index in [-0.39, 0.29) is 0 Å². The lowest BCUT2D eigenvalue weighted by Gasteiger charge is -2.36. The summed E-state index contributed by atoms with van der Waals surface area (Å²) in [4.78, 5) is 4.96. The molecule has 4 heteroatoms. The summed E-state index contributed by atoms with van der Waals surface area (Å²) in [6.07, 6.45) is 0.954.